The average Bonchev–Trinajstić information content (AvgIpc) is 3.34. The minimum atomic E-state index is -0.193. The number of phenolic OH excluding ortho intramolecular Hbond substituents is 1. The maximum absolute atomic E-state index is 13.5. The molecular formula is C25H21ClN2O3. The van der Waals surface area contributed by atoms with Crippen molar-refractivity contribution < 1.29 is 14.7 Å². The van der Waals surface area contributed by atoms with Crippen LogP contribution >= 0.6 is 11.6 Å². The monoisotopic (exact) mass is 432 g/mol. The van der Waals surface area contributed by atoms with Crippen LogP contribution < -0.4 is 4.90 Å². The third-order valence-electron chi connectivity index (χ3n) is 6.16. The van der Waals surface area contributed by atoms with E-state index in [9.17, 15) is 14.7 Å². The highest BCUT2D eigenvalue weighted by Gasteiger charge is 2.35. The Kier molecular flexibility index (Phi) is 4.52. The first kappa shape index (κ1) is 19.6. The molecule has 2 heterocycles. The molecule has 6 heteroatoms. The van der Waals surface area contributed by atoms with Crippen molar-refractivity contribution >= 4 is 50.7 Å². The van der Waals surface area contributed by atoms with Gasteiger partial charge in [0.25, 0.3) is 5.91 Å². The van der Waals surface area contributed by atoms with Crippen LogP contribution in [-0.2, 0) is 0 Å². The molecule has 0 aliphatic carbocycles. The van der Waals surface area contributed by atoms with Gasteiger partial charge in [0.1, 0.15) is 11.4 Å². The predicted molar refractivity (Wildman–Crippen MR) is 124 cm³/mol. The standard InChI is InChI=1S/C25H21ClN2O3/c1-13-4-3-5-18-22(30)10-21-24(23(13)18)17(11-26)12-28(21)25(31)20-9-16-8-15(14(2)29)6-7-19(16)27-20/h3-10,17,27,30H,11-12H2,1-2H3/t17-/m1/s1. The van der Waals surface area contributed by atoms with Gasteiger partial charge in [-0.1, -0.05) is 18.2 Å². The molecule has 0 fully saturated rings. The van der Waals surface area contributed by atoms with Crippen LogP contribution in [0.1, 0.15) is 44.8 Å². The Morgan fingerprint density at radius 1 is 1.19 bits per heavy atom. The van der Waals surface area contributed by atoms with E-state index in [0.29, 0.717) is 29.4 Å². The Balaban J connectivity index is 1.64. The molecule has 1 aliphatic rings. The molecule has 4 aromatic rings. The third kappa shape index (κ3) is 3.00. The van der Waals surface area contributed by atoms with E-state index in [2.05, 4.69) is 4.98 Å². The molecule has 0 spiro atoms. The summed E-state index contributed by atoms with van der Waals surface area (Å²) in [7, 11) is 0. The fraction of sp³-hybridized carbons (Fsp3) is 0.200. The zero-order chi connectivity index (χ0) is 21.9. The molecular weight excluding hydrogens is 412 g/mol. The highest BCUT2D eigenvalue weighted by molar-refractivity contribution is 6.19. The van der Waals surface area contributed by atoms with Crippen LogP contribution in [0.2, 0.25) is 0 Å². The number of alkyl halides is 1. The summed E-state index contributed by atoms with van der Waals surface area (Å²) in [5.74, 6) is 0.278. The van der Waals surface area contributed by atoms with Crippen LogP contribution in [0.5, 0.6) is 5.75 Å². The number of fused-ring (bicyclic) bond motifs is 4. The molecule has 1 aromatic heterocycles. The second kappa shape index (κ2) is 7.13. The molecule has 0 radical (unpaired) electrons. The number of hydrogen-bond donors (Lipinski definition) is 2. The number of aryl methyl sites for hydroxylation is 1. The van der Waals surface area contributed by atoms with E-state index in [1.165, 1.54) is 6.92 Å². The number of rotatable bonds is 3. The number of benzene rings is 3. The molecule has 0 unspecified atom stereocenters. The number of halogens is 1. The Hall–Kier alpha value is -3.31. The highest BCUT2D eigenvalue weighted by Crippen LogP contribution is 2.46. The Morgan fingerprint density at radius 2 is 2.00 bits per heavy atom. The van der Waals surface area contributed by atoms with Gasteiger partial charge in [0.2, 0.25) is 0 Å². The van der Waals surface area contributed by atoms with E-state index in [1.54, 1.807) is 29.2 Å². The average molecular weight is 433 g/mol. The van der Waals surface area contributed by atoms with Gasteiger partial charge in [0.15, 0.2) is 5.78 Å². The zero-order valence-electron chi connectivity index (χ0n) is 17.2. The predicted octanol–water partition coefficient (Wildman–Crippen LogP) is 5.52. The van der Waals surface area contributed by atoms with E-state index in [0.717, 1.165) is 32.8 Å². The summed E-state index contributed by atoms with van der Waals surface area (Å²) in [6.45, 7) is 3.97. The van der Waals surface area contributed by atoms with Gasteiger partial charge >= 0.3 is 0 Å². The number of carbonyl (C=O) groups excluding carboxylic acids is 2. The minimum Gasteiger partial charge on any atom is -0.507 e. The van der Waals surface area contributed by atoms with E-state index in [1.807, 2.05) is 31.2 Å². The topological polar surface area (TPSA) is 73.4 Å². The van der Waals surface area contributed by atoms with Crippen molar-refractivity contribution in [3.05, 3.63) is 70.9 Å². The third-order valence-corrected chi connectivity index (χ3v) is 6.53. The lowest BCUT2D eigenvalue weighted by molar-refractivity contribution is 0.0982. The molecule has 0 saturated heterocycles. The lowest BCUT2D eigenvalue weighted by Gasteiger charge is -2.18. The summed E-state index contributed by atoms with van der Waals surface area (Å²) in [6.07, 6.45) is 0. The first-order chi connectivity index (χ1) is 14.9. The number of phenols is 1. The number of aromatic nitrogens is 1. The van der Waals surface area contributed by atoms with Gasteiger partial charge in [0, 0.05) is 46.3 Å². The Bertz CT molecular complexity index is 1390. The van der Waals surface area contributed by atoms with Crippen molar-refractivity contribution in [2.24, 2.45) is 0 Å². The van der Waals surface area contributed by atoms with E-state index < -0.39 is 0 Å². The van der Waals surface area contributed by atoms with Crippen LogP contribution in [0.25, 0.3) is 21.7 Å². The molecule has 31 heavy (non-hydrogen) atoms. The quantitative estimate of drug-likeness (QED) is 0.330. The van der Waals surface area contributed by atoms with Crippen LogP contribution in [0.4, 0.5) is 5.69 Å². The van der Waals surface area contributed by atoms with Gasteiger partial charge in [-0.2, -0.15) is 0 Å². The van der Waals surface area contributed by atoms with E-state index in [-0.39, 0.29) is 23.4 Å². The number of H-pyrrole nitrogens is 1. The lowest BCUT2D eigenvalue weighted by Crippen LogP contribution is -2.30. The summed E-state index contributed by atoms with van der Waals surface area (Å²) in [5.41, 5.74) is 4.56. The number of nitrogens with one attached hydrogen (secondary N) is 1. The summed E-state index contributed by atoms with van der Waals surface area (Å²) >= 11 is 6.32. The molecule has 156 valence electrons. The number of ketones is 1. The number of aromatic hydroxyl groups is 1. The van der Waals surface area contributed by atoms with Gasteiger partial charge < -0.3 is 15.0 Å². The van der Waals surface area contributed by atoms with E-state index in [4.69, 9.17) is 11.6 Å². The minimum absolute atomic E-state index is 0.0212. The largest absolute Gasteiger partial charge is 0.507 e. The molecule has 1 amide bonds. The summed E-state index contributed by atoms with van der Waals surface area (Å²) in [4.78, 5) is 30.0. The molecule has 2 N–H and O–H groups in total. The molecule has 0 saturated carbocycles. The number of aromatic amines is 1. The van der Waals surface area contributed by atoms with Gasteiger partial charge in [0.05, 0.1) is 5.69 Å². The van der Waals surface area contributed by atoms with Crippen molar-refractivity contribution in [3.63, 3.8) is 0 Å². The summed E-state index contributed by atoms with van der Waals surface area (Å²) in [5, 5.41) is 13.2. The van der Waals surface area contributed by atoms with Gasteiger partial charge in [-0.3, -0.25) is 9.59 Å². The lowest BCUT2D eigenvalue weighted by atomic mass is 9.92. The number of carbonyl (C=O) groups is 2. The van der Waals surface area contributed by atoms with Crippen LogP contribution in [0, 0.1) is 6.92 Å². The zero-order valence-corrected chi connectivity index (χ0v) is 18.0. The molecule has 1 atom stereocenters. The van der Waals surface area contributed by atoms with Gasteiger partial charge in [-0.15, -0.1) is 11.6 Å². The van der Waals surface area contributed by atoms with E-state index >= 15 is 0 Å². The fourth-order valence-corrected chi connectivity index (χ4v) is 4.88. The first-order valence-electron chi connectivity index (χ1n) is 10.2. The number of anilines is 1. The summed E-state index contributed by atoms with van der Waals surface area (Å²) < 4.78 is 0. The molecule has 5 nitrogen and oxygen atoms in total. The van der Waals surface area contributed by atoms with Gasteiger partial charge in [-0.25, -0.2) is 0 Å². The van der Waals surface area contributed by atoms with Crippen molar-refractivity contribution in [3.8, 4) is 5.75 Å². The van der Waals surface area contributed by atoms with Crippen molar-refractivity contribution in [2.45, 2.75) is 19.8 Å². The molecule has 5 rings (SSSR count). The second-order valence-electron chi connectivity index (χ2n) is 8.13. The highest BCUT2D eigenvalue weighted by atomic mass is 35.5. The maximum atomic E-state index is 13.5. The normalized spacial score (nSPS) is 15.6. The molecule has 3 aromatic carbocycles. The smallest absolute Gasteiger partial charge is 0.274 e. The van der Waals surface area contributed by atoms with Crippen LogP contribution in [-0.4, -0.2) is 34.2 Å². The van der Waals surface area contributed by atoms with Crippen molar-refractivity contribution in [1.82, 2.24) is 4.98 Å². The van der Waals surface area contributed by atoms with Crippen molar-refractivity contribution in [1.29, 1.82) is 0 Å². The van der Waals surface area contributed by atoms with Crippen LogP contribution in [0.3, 0.4) is 0 Å². The number of hydrogen-bond acceptors (Lipinski definition) is 3. The molecule has 0 bridgehead atoms. The van der Waals surface area contributed by atoms with Crippen LogP contribution in [0.15, 0.2) is 48.5 Å². The fourth-order valence-electron chi connectivity index (χ4n) is 4.63. The molecule has 1 aliphatic heterocycles. The number of amides is 1. The van der Waals surface area contributed by atoms with Gasteiger partial charge in [-0.05, 0) is 54.6 Å². The SMILES string of the molecule is CC(=O)c1ccc2[nH]c(C(=O)N3C[C@@H](CCl)c4c3cc(O)c3cccc(C)c43)cc2c1. The van der Waals surface area contributed by atoms with Crippen molar-refractivity contribution in [2.75, 3.05) is 17.3 Å². The first-order valence-corrected chi connectivity index (χ1v) is 10.7. The Labute approximate surface area is 184 Å². The second-order valence-corrected chi connectivity index (χ2v) is 8.44. The summed E-state index contributed by atoms with van der Waals surface area (Å²) in [6, 6.07) is 14.6. The number of nitrogens with zero attached hydrogens (tertiary/aromatic N) is 1. The Morgan fingerprint density at radius 3 is 2.74 bits per heavy atom. The number of Topliss-reactive ketones (excluding diaryl/α,β-unsaturated/α-hetero) is 1. The maximum Gasteiger partial charge on any atom is 0.274 e.